The van der Waals surface area contributed by atoms with Crippen LogP contribution in [0.3, 0.4) is 0 Å². The maximum Gasteiger partial charge on any atom is 0.127 e. The number of anilines is 1. The SMILES string of the molecule is Brc1cccc(CNc2ccc(Oc3ccccc3)cc2)c1. The van der Waals surface area contributed by atoms with Crippen molar-refractivity contribution in [3.8, 4) is 11.5 Å². The molecule has 0 saturated carbocycles. The van der Waals surface area contributed by atoms with Gasteiger partial charge in [-0.25, -0.2) is 0 Å². The quantitative estimate of drug-likeness (QED) is 0.620. The maximum atomic E-state index is 5.78. The van der Waals surface area contributed by atoms with Crippen LogP contribution in [0.25, 0.3) is 0 Å². The van der Waals surface area contributed by atoms with Gasteiger partial charge in [-0.2, -0.15) is 0 Å². The Morgan fingerprint density at radius 1 is 0.773 bits per heavy atom. The summed E-state index contributed by atoms with van der Waals surface area (Å²) in [5, 5.41) is 3.40. The van der Waals surface area contributed by atoms with Gasteiger partial charge in [-0.05, 0) is 54.1 Å². The van der Waals surface area contributed by atoms with E-state index in [0.29, 0.717) is 0 Å². The van der Waals surface area contributed by atoms with Gasteiger partial charge in [-0.1, -0.05) is 46.3 Å². The molecule has 0 radical (unpaired) electrons. The molecule has 0 saturated heterocycles. The van der Waals surface area contributed by atoms with Gasteiger partial charge in [-0.3, -0.25) is 0 Å². The lowest BCUT2D eigenvalue weighted by atomic mass is 10.2. The highest BCUT2D eigenvalue weighted by molar-refractivity contribution is 9.10. The smallest absolute Gasteiger partial charge is 0.127 e. The first-order valence-corrected chi connectivity index (χ1v) is 7.90. The van der Waals surface area contributed by atoms with Crippen LogP contribution >= 0.6 is 15.9 Å². The topological polar surface area (TPSA) is 21.3 Å². The number of nitrogens with one attached hydrogen (secondary N) is 1. The third-order valence-electron chi connectivity index (χ3n) is 3.22. The highest BCUT2D eigenvalue weighted by Gasteiger charge is 1.98. The molecule has 0 heterocycles. The maximum absolute atomic E-state index is 5.78. The Hall–Kier alpha value is -2.26. The summed E-state index contributed by atoms with van der Waals surface area (Å²) in [4.78, 5) is 0. The molecule has 3 heteroatoms. The fourth-order valence-corrected chi connectivity index (χ4v) is 2.56. The Kier molecular flexibility index (Phi) is 4.76. The Morgan fingerprint density at radius 3 is 2.23 bits per heavy atom. The molecule has 0 aliphatic rings. The monoisotopic (exact) mass is 353 g/mol. The van der Waals surface area contributed by atoms with Crippen molar-refractivity contribution in [3.05, 3.63) is 88.9 Å². The molecule has 0 unspecified atom stereocenters. The van der Waals surface area contributed by atoms with Gasteiger partial charge in [0.15, 0.2) is 0 Å². The second-order valence-electron chi connectivity index (χ2n) is 4.92. The van der Waals surface area contributed by atoms with Crippen LogP contribution in [0.1, 0.15) is 5.56 Å². The van der Waals surface area contributed by atoms with Crippen LogP contribution in [0.4, 0.5) is 5.69 Å². The van der Waals surface area contributed by atoms with Crippen molar-refractivity contribution in [2.45, 2.75) is 6.54 Å². The van der Waals surface area contributed by atoms with E-state index in [2.05, 4.69) is 33.4 Å². The lowest BCUT2D eigenvalue weighted by Gasteiger charge is -2.09. The van der Waals surface area contributed by atoms with Gasteiger partial charge in [0.2, 0.25) is 0 Å². The van der Waals surface area contributed by atoms with E-state index in [-0.39, 0.29) is 0 Å². The first kappa shape index (κ1) is 14.7. The molecule has 0 amide bonds. The Bertz CT molecular complexity index is 726. The second kappa shape index (κ2) is 7.14. The van der Waals surface area contributed by atoms with E-state index >= 15 is 0 Å². The summed E-state index contributed by atoms with van der Waals surface area (Å²) in [6.45, 7) is 0.790. The standard InChI is InChI=1S/C19H16BrNO/c20-16-6-4-5-15(13-16)14-21-17-9-11-19(12-10-17)22-18-7-2-1-3-8-18/h1-13,21H,14H2. The number of hydrogen-bond acceptors (Lipinski definition) is 2. The molecule has 3 aromatic carbocycles. The van der Waals surface area contributed by atoms with Crippen molar-refractivity contribution >= 4 is 21.6 Å². The normalized spacial score (nSPS) is 10.2. The number of hydrogen-bond donors (Lipinski definition) is 1. The minimum atomic E-state index is 0.790. The van der Waals surface area contributed by atoms with E-state index in [0.717, 1.165) is 28.2 Å². The summed E-state index contributed by atoms with van der Waals surface area (Å²) < 4.78 is 6.87. The van der Waals surface area contributed by atoms with E-state index in [1.54, 1.807) is 0 Å². The largest absolute Gasteiger partial charge is 0.457 e. The Balaban J connectivity index is 1.60. The molecule has 3 rings (SSSR count). The van der Waals surface area contributed by atoms with E-state index in [1.165, 1.54) is 5.56 Å². The number of para-hydroxylation sites is 1. The summed E-state index contributed by atoms with van der Waals surface area (Å²) in [6, 6.07) is 26.0. The van der Waals surface area contributed by atoms with Crippen molar-refractivity contribution in [2.75, 3.05) is 5.32 Å². The number of benzene rings is 3. The zero-order chi connectivity index (χ0) is 15.2. The van der Waals surface area contributed by atoms with Crippen LogP contribution in [0.2, 0.25) is 0 Å². The first-order chi connectivity index (χ1) is 10.8. The van der Waals surface area contributed by atoms with Crippen molar-refractivity contribution in [1.82, 2.24) is 0 Å². The average molecular weight is 354 g/mol. The molecule has 0 fully saturated rings. The zero-order valence-electron chi connectivity index (χ0n) is 12.0. The van der Waals surface area contributed by atoms with Crippen molar-refractivity contribution < 1.29 is 4.74 Å². The van der Waals surface area contributed by atoms with E-state index in [9.17, 15) is 0 Å². The van der Waals surface area contributed by atoms with Gasteiger partial charge >= 0.3 is 0 Å². The van der Waals surface area contributed by atoms with Crippen LogP contribution in [-0.2, 0) is 6.54 Å². The predicted molar refractivity (Wildman–Crippen MR) is 94.4 cm³/mol. The predicted octanol–water partition coefficient (Wildman–Crippen LogP) is 5.85. The van der Waals surface area contributed by atoms with Crippen LogP contribution in [0, 0.1) is 0 Å². The van der Waals surface area contributed by atoms with Gasteiger partial charge in [0, 0.05) is 16.7 Å². The number of ether oxygens (including phenoxy) is 1. The molecule has 1 N–H and O–H groups in total. The lowest BCUT2D eigenvalue weighted by molar-refractivity contribution is 0.483. The third-order valence-corrected chi connectivity index (χ3v) is 3.71. The number of rotatable bonds is 5. The molecular formula is C19H16BrNO. The highest BCUT2D eigenvalue weighted by atomic mass is 79.9. The summed E-state index contributed by atoms with van der Waals surface area (Å²) in [5.41, 5.74) is 2.30. The van der Waals surface area contributed by atoms with Crippen LogP contribution in [-0.4, -0.2) is 0 Å². The molecule has 0 spiro atoms. The first-order valence-electron chi connectivity index (χ1n) is 7.11. The van der Waals surface area contributed by atoms with E-state index < -0.39 is 0 Å². The van der Waals surface area contributed by atoms with Crippen LogP contribution < -0.4 is 10.1 Å². The van der Waals surface area contributed by atoms with Gasteiger partial charge in [-0.15, -0.1) is 0 Å². The molecule has 22 heavy (non-hydrogen) atoms. The number of halogens is 1. The van der Waals surface area contributed by atoms with Gasteiger partial charge in [0.1, 0.15) is 11.5 Å². The Labute approximate surface area is 138 Å². The van der Waals surface area contributed by atoms with Gasteiger partial charge in [0.05, 0.1) is 0 Å². The summed E-state index contributed by atoms with van der Waals surface area (Å²) in [6.07, 6.45) is 0. The lowest BCUT2D eigenvalue weighted by Crippen LogP contribution is -1.99. The summed E-state index contributed by atoms with van der Waals surface area (Å²) in [7, 11) is 0. The highest BCUT2D eigenvalue weighted by Crippen LogP contribution is 2.23. The third kappa shape index (κ3) is 4.12. The molecule has 0 atom stereocenters. The molecule has 0 aliphatic heterocycles. The molecule has 2 nitrogen and oxygen atoms in total. The minimum Gasteiger partial charge on any atom is -0.457 e. The van der Waals surface area contributed by atoms with Crippen LogP contribution in [0.15, 0.2) is 83.3 Å². The second-order valence-corrected chi connectivity index (χ2v) is 5.84. The fraction of sp³-hybridized carbons (Fsp3) is 0.0526. The van der Waals surface area contributed by atoms with Crippen LogP contribution in [0.5, 0.6) is 11.5 Å². The van der Waals surface area contributed by atoms with Crippen molar-refractivity contribution in [2.24, 2.45) is 0 Å². The molecule has 0 aromatic heterocycles. The van der Waals surface area contributed by atoms with Gasteiger partial charge < -0.3 is 10.1 Å². The van der Waals surface area contributed by atoms with Crippen molar-refractivity contribution in [3.63, 3.8) is 0 Å². The van der Waals surface area contributed by atoms with Gasteiger partial charge in [0.25, 0.3) is 0 Å². The summed E-state index contributed by atoms with van der Waals surface area (Å²) in [5.74, 6) is 1.68. The molecule has 0 aliphatic carbocycles. The Morgan fingerprint density at radius 2 is 1.50 bits per heavy atom. The minimum absolute atomic E-state index is 0.790. The summed E-state index contributed by atoms with van der Waals surface area (Å²) >= 11 is 3.49. The van der Waals surface area contributed by atoms with Crippen molar-refractivity contribution in [1.29, 1.82) is 0 Å². The van der Waals surface area contributed by atoms with E-state index in [1.807, 2.05) is 66.7 Å². The van der Waals surface area contributed by atoms with E-state index in [4.69, 9.17) is 4.74 Å². The average Bonchev–Trinajstić information content (AvgIpc) is 2.55. The molecule has 110 valence electrons. The molecule has 3 aromatic rings. The zero-order valence-corrected chi connectivity index (χ0v) is 13.6. The fourth-order valence-electron chi connectivity index (χ4n) is 2.12. The molecular weight excluding hydrogens is 338 g/mol. The molecule has 0 bridgehead atoms.